The Morgan fingerprint density at radius 1 is 0.480 bits per heavy atom. The normalized spacial score (nSPS) is 23.2. The molecule has 0 bridgehead atoms. The topological polar surface area (TPSA) is 244 Å². The van der Waals surface area contributed by atoms with E-state index in [2.05, 4.69) is 0 Å². The first-order chi connectivity index (χ1) is 50.0. The molecule has 15 unspecified atom stereocenters. The van der Waals surface area contributed by atoms with Crippen LogP contribution in [0.3, 0.4) is 0 Å². The van der Waals surface area contributed by atoms with Crippen molar-refractivity contribution < 1.29 is 90.6 Å². The van der Waals surface area contributed by atoms with E-state index in [0.717, 1.165) is 42.4 Å². The Labute approximate surface area is 595 Å². The van der Waals surface area contributed by atoms with Crippen LogP contribution in [0.25, 0.3) is 0 Å². The van der Waals surface area contributed by atoms with E-state index >= 15 is 4.79 Å². The van der Waals surface area contributed by atoms with Crippen LogP contribution in [0.4, 0.5) is 0 Å². The number of aliphatic hydroxyl groups is 1. The number of carbonyl (C=O) groups is 4. The molecule has 8 aromatic carbocycles. The highest BCUT2D eigenvalue weighted by Gasteiger charge is 2.56. The van der Waals surface area contributed by atoms with E-state index in [1.54, 1.807) is 128 Å². The van der Waals surface area contributed by atoms with Gasteiger partial charge in [0, 0.05) is 18.6 Å². The fraction of sp³-hybridized carbons (Fsp3) is 0.366. The molecule has 20 heteroatoms. The number of unbranched alkanes of at least 4 members (excludes halogenated alkanes) is 3. The Kier molecular flexibility index (Phi) is 28.0. The summed E-state index contributed by atoms with van der Waals surface area (Å²) in [5.41, 5.74) is 9.75. The number of nitrogens with two attached hydrogens (primary N) is 1. The summed E-state index contributed by atoms with van der Waals surface area (Å²) in [7, 11) is 1.38. The Hall–Kier alpha value is -8.84. The summed E-state index contributed by atoms with van der Waals surface area (Å²) in [5.74, 6) is -4.39. The van der Waals surface area contributed by atoms with E-state index in [1.807, 2.05) is 121 Å². The smallest absolute Gasteiger partial charge is 0.338 e. The van der Waals surface area contributed by atoms with E-state index in [9.17, 15) is 19.5 Å². The van der Waals surface area contributed by atoms with Crippen molar-refractivity contribution in [3.8, 4) is 0 Å². The largest absolute Gasteiger partial charge is 0.459 e. The molecular formula is C82H89NO19. The molecule has 3 aliphatic rings. The molecule has 0 amide bonds. The number of rotatable bonds is 35. The number of carbonyl (C=O) groups excluding carboxylic acids is 4. The van der Waals surface area contributed by atoms with Gasteiger partial charge in [0.2, 0.25) is 0 Å². The van der Waals surface area contributed by atoms with Gasteiger partial charge in [-0.1, -0.05) is 220 Å². The molecule has 3 saturated heterocycles. The van der Waals surface area contributed by atoms with Crippen molar-refractivity contribution in [1.29, 1.82) is 0 Å². The Balaban J connectivity index is 1.06. The lowest BCUT2D eigenvalue weighted by molar-refractivity contribution is -0.367. The fourth-order valence-electron chi connectivity index (χ4n) is 12.7. The van der Waals surface area contributed by atoms with Gasteiger partial charge in [0.1, 0.15) is 74.3 Å². The number of esters is 4. The second-order valence-electron chi connectivity index (χ2n) is 25.3. The first kappa shape index (κ1) is 74.4. The molecule has 0 radical (unpaired) electrons. The lowest BCUT2D eigenvalue weighted by Crippen LogP contribution is -2.65. The summed E-state index contributed by atoms with van der Waals surface area (Å²) in [6.07, 6.45) is -15.6. The third-order valence-electron chi connectivity index (χ3n) is 18.2. The predicted molar refractivity (Wildman–Crippen MR) is 375 cm³/mol. The first-order valence-corrected chi connectivity index (χ1v) is 34.8. The standard InChI is InChI=1S/C82H89NO19/c1-55(65(97-78(87)61-41-23-10-24-42-61)52-93-76(85)59-37-19-8-20-38-59)69(100-82-73(92-51-58-35-17-7-18-36-58)68(84)70(90-49-56-31-13-5-14-32-56)66(98-82)53-94-77(86)60-39-21-9-22-40-60)75(99-79(88)62-43-25-11-26-44-62)81(89-2)102-74-71(91-50-57-33-15-6-16-34-57)64(47-29-3-4-30-48-83)96-67-54-95-80(101-72(67)74)63-45-27-12-28-46-63/h5-28,31-46,55,64-75,80-82,84H,3-4,29-30,47-54,83H2,1-2H3/t55?,64?,65-,66?,67?,68?,69?,70?,71?,72?,73?,74?,75?,80?,81?,82?/m1/s1. The average Bonchev–Trinajstić information content (AvgIpc) is 0.772. The van der Waals surface area contributed by atoms with Crippen molar-refractivity contribution in [2.45, 2.75) is 151 Å². The number of hydrogen-bond donors (Lipinski definition) is 2. The highest BCUT2D eigenvalue weighted by atomic mass is 16.8. The Morgan fingerprint density at radius 2 is 0.941 bits per heavy atom. The van der Waals surface area contributed by atoms with Crippen molar-refractivity contribution in [1.82, 2.24) is 0 Å². The van der Waals surface area contributed by atoms with Gasteiger partial charge < -0.3 is 77.2 Å². The van der Waals surface area contributed by atoms with Gasteiger partial charge in [0.05, 0.1) is 54.8 Å². The van der Waals surface area contributed by atoms with Gasteiger partial charge in [0.15, 0.2) is 25.0 Å². The van der Waals surface area contributed by atoms with Gasteiger partial charge in [-0.15, -0.1) is 0 Å². The van der Waals surface area contributed by atoms with Crippen LogP contribution in [0.5, 0.6) is 0 Å². The maximum atomic E-state index is 15.4. The van der Waals surface area contributed by atoms with Crippen molar-refractivity contribution in [3.63, 3.8) is 0 Å². The molecule has 536 valence electrons. The lowest BCUT2D eigenvalue weighted by atomic mass is 9.90. The second kappa shape index (κ2) is 38.4. The molecule has 3 N–H and O–H groups in total. The minimum Gasteiger partial charge on any atom is -0.459 e. The van der Waals surface area contributed by atoms with Crippen molar-refractivity contribution in [2.75, 3.05) is 33.5 Å². The van der Waals surface area contributed by atoms with Gasteiger partial charge in [-0.25, -0.2) is 19.2 Å². The lowest BCUT2D eigenvalue weighted by Gasteiger charge is -2.51. The molecule has 0 saturated carbocycles. The minimum absolute atomic E-state index is 0.0205. The fourth-order valence-corrected chi connectivity index (χ4v) is 12.7. The zero-order valence-electron chi connectivity index (χ0n) is 57.2. The van der Waals surface area contributed by atoms with E-state index in [-0.39, 0.29) is 48.7 Å². The molecular weight excluding hydrogens is 1300 g/mol. The quantitative estimate of drug-likeness (QED) is 0.0162. The summed E-state index contributed by atoms with van der Waals surface area (Å²) in [4.78, 5) is 58.3. The van der Waals surface area contributed by atoms with Crippen LogP contribution in [-0.2, 0) is 86.1 Å². The molecule has 102 heavy (non-hydrogen) atoms. The number of methoxy groups -OCH3 is 1. The molecule has 20 nitrogen and oxygen atoms in total. The molecule has 8 aromatic rings. The number of ether oxygens (including phenoxy) is 14. The predicted octanol–water partition coefficient (Wildman–Crippen LogP) is 12.2. The Bertz CT molecular complexity index is 3780. The van der Waals surface area contributed by atoms with Crippen LogP contribution in [0.1, 0.15) is 109 Å². The Morgan fingerprint density at radius 3 is 1.46 bits per heavy atom. The molecule has 0 aromatic heterocycles. The molecule has 16 atom stereocenters. The summed E-state index contributed by atoms with van der Waals surface area (Å²) in [5, 5.41) is 13.2. The van der Waals surface area contributed by atoms with Crippen LogP contribution < -0.4 is 5.73 Å². The van der Waals surface area contributed by atoms with Gasteiger partial charge in [-0.3, -0.25) is 0 Å². The van der Waals surface area contributed by atoms with Crippen molar-refractivity contribution >= 4 is 23.9 Å². The monoisotopic (exact) mass is 1390 g/mol. The van der Waals surface area contributed by atoms with Crippen LogP contribution >= 0.6 is 0 Å². The zero-order chi connectivity index (χ0) is 70.8. The SMILES string of the molecule is COC(OC1C(OCc2ccccc2)C(CCCCCCN)OC2COC(c3ccccc3)OC21)C(OC(=O)c1ccccc1)C(OC1OC(COC(=O)c2ccccc2)C(OCc2ccccc2)C(O)C1OCc1ccccc1)C(C)[C@@H](COC(=O)c1ccccc1)OC(=O)c1ccccc1. The first-order valence-electron chi connectivity index (χ1n) is 34.8. The number of hydrogen-bond acceptors (Lipinski definition) is 20. The van der Waals surface area contributed by atoms with Crippen molar-refractivity contribution in [3.05, 3.63) is 287 Å². The molecule has 3 heterocycles. The number of aliphatic hydroxyl groups excluding tert-OH is 1. The summed E-state index contributed by atoms with van der Waals surface area (Å²) >= 11 is 0. The van der Waals surface area contributed by atoms with Gasteiger partial charge in [0.25, 0.3) is 0 Å². The third kappa shape index (κ3) is 20.5. The van der Waals surface area contributed by atoms with Gasteiger partial charge in [-0.2, -0.15) is 0 Å². The summed E-state index contributed by atoms with van der Waals surface area (Å²) < 4.78 is 95.6. The van der Waals surface area contributed by atoms with E-state index in [0.29, 0.717) is 18.5 Å². The molecule has 3 fully saturated rings. The second-order valence-corrected chi connectivity index (χ2v) is 25.3. The maximum absolute atomic E-state index is 15.4. The molecule has 0 aliphatic carbocycles. The maximum Gasteiger partial charge on any atom is 0.338 e. The van der Waals surface area contributed by atoms with E-state index in [4.69, 9.17) is 72.0 Å². The summed E-state index contributed by atoms with van der Waals surface area (Å²) in [6.45, 7) is 1.19. The number of fused-ring (bicyclic) bond motifs is 1. The van der Waals surface area contributed by atoms with Crippen molar-refractivity contribution in [2.24, 2.45) is 11.7 Å². The van der Waals surface area contributed by atoms with Gasteiger partial charge in [-0.05, 0) is 84.6 Å². The minimum atomic E-state index is -1.78. The zero-order valence-corrected chi connectivity index (χ0v) is 57.2. The molecule has 0 spiro atoms. The van der Waals surface area contributed by atoms with Crippen LogP contribution in [0, 0.1) is 5.92 Å². The summed E-state index contributed by atoms with van der Waals surface area (Å²) in [6, 6.07) is 70.9. The number of benzene rings is 8. The molecule has 3 aliphatic heterocycles. The van der Waals surface area contributed by atoms with E-state index < -0.39 is 135 Å². The van der Waals surface area contributed by atoms with Crippen LogP contribution in [0.15, 0.2) is 243 Å². The highest BCUT2D eigenvalue weighted by Crippen LogP contribution is 2.41. The van der Waals surface area contributed by atoms with E-state index in [1.165, 1.54) is 7.11 Å². The van der Waals surface area contributed by atoms with Gasteiger partial charge >= 0.3 is 23.9 Å². The third-order valence-corrected chi connectivity index (χ3v) is 18.2. The average molecular weight is 1390 g/mol. The highest BCUT2D eigenvalue weighted by molar-refractivity contribution is 5.91. The molecule has 11 rings (SSSR count). The van der Waals surface area contributed by atoms with Crippen LogP contribution in [-0.4, -0.2) is 148 Å². The van der Waals surface area contributed by atoms with Crippen LogP contribution in [0.2, 0.25) is 0 Å².